The Balaban J connectivity index is 1.33. The van der Waals surface area contributed by atoms with Crippen molar-refractivity contribution in [3.8, 4) is 5.75 Å². The second-order valence-electron chi connectivity index (χ2n) is 7.35. The number of nitrogens with zero attached hydrogens (tertiary/aromatic N) is 1. The number of benzene rings is 1. The Hall–Kier alpha value is -1.88. The fourth-order valence-corrected chi connectivity index (χ4v) is 3.43. The van der Waals surface area contributed by atoms with Crippen LogP contribution in [0.5, 0.6) is 5.75 Å². The van der Waals surface area contributed by atoms with Crippen molar-refractivity contribution in [3.05, 3.63) is 41.7 Å². The normalized spacial score (nSPS) is 23.8. The van der Waals surface area contributed by atoms with E-state index in [1.165, 1.54) is 17.7 Å². The summed E-state index contributed by atoms with van der Waals surface area (Å²) in [6.45, 7) is 8.82. The number of ether oxygens (including phenoxy) is 1. The Morgan fingerprint density at radius 1 is 1.36 bits per heavy atom. The van der Waals surface area contributed by atoms with E-state index in [2.05, 4.69) is 16.8 Å². The van der Waals surface area contributed by atoms with Crippen molar-refractivity contribution in [2.24, 2.45) is 5.92 Å². The van der Waals surface area contributed by atoms with E-state index in [-0.39, 0.29) is 17.8 Å². The largest absolute Gasteiger partial charge is 0.493 e. The predicted molar refractivity (Wildman–Crippen MR) is 96.1 cm³/mol. The summed E-state index contributed by atoms with van der Waals surface area (Å²) in [6.07, 6.45) is 3.85. The first-order chi connectivity index (χ1) is 12.0. The minimum Gasteiger partial charge on any atom is -0.493 e. The van der Waals surface area contributed by atoms with E-state index in [4.69, 9.17) is 4.74 Å². The van der Waals surface area contributed by atoms with Crippen molar-refractivity contribution >= 4 is 5.91 Å². The van der Waals surface area contributed by atoms with E-state index in [1.807, 2.05) is 6.92 Å². The molecule has 4 nitrogen and oxygen atoms in total. The monoisotopic (exact) mass is 346 g/mol. The number of halogens is 1. The van der Waals surface area contributed by atoms with E-state index in [1.54, 1.807) is 6.07 Å². The molecular formula is C20H27FN2O2. The lowest BCUT2D eigenvalue weighted by atomic mass is 9.81. The lowest BCUT2D eigenvalue weighted by Crippen LogP contribution is -2.49. The van der Waals surface area contributed by atoms with E-state index >= 15 is 0 Å². The molecule has 25 heavy (non-hydrogen) atoms. The molecule has 0 bridgehead atoms. The van der Waals surface area contributed by atoms with Crippen molar-refractivity contribution in [2.75, 3.05) is 26.2 Å². The average Bonchev–Trinajstić information content (AvgIpc) is 2.54. The lowest BCUT2D eigenvalue weighted by Gasteiger charge is -2.36. The van der Waals surface area contributed by atoms with Gasteiger partial charge in [0.15, 0.2) is 0 Å². The average molecular weight is 346 g/mol. The number of amides is 1. The maximum atomic E-state index is 13.3. The molecule has 1 amide bonds. The fourth-order valence-electron chi connectivity index (χ4n) is 3.43. The van der Waals surface area contributed by atoms with Crippen molar-refractivity contribution in [1.29, 1.82) is 0 Å². The zero-order valence-corrected chi connectivity index (χ0v) is 14.9. The molecule has 1 aromatic rings. The quantitative estimate of drug-likeness (QED) is 0.805. The molecule has 1 saturated carbocycles. The second-order valence-corrected chi connectivity index (χ2v) is 7.35. The molecule has 0 radical (unpaired) electrons. The SMILES string of the molecule is C=C1CCN(CC(=O)NC2CC(COc3cc(F)ccc3C)C2)CC1. The number of hydrogen-bond acceptors (Lipinski definition) is 3. The summed E-state index contributed by atoms with van der Waals surface area (Å²) in [5.74, 6) is 0.865. The standard InChI is InChI=1S/C20H27FN2O2/c1-14-5-7-23(8-6-14)12-20(24)22-18-9-16(10-18)13-25-19-11-17(21)4-3-15(19)2/h3-4,11,16,18H,1,5-10,12-13H2,2H3,(H,22,24). The highest BCUT2D eigenvalue weighted by Crippen LogP contribution is 2.29. The molecule has 2 aliphatic rings. The van der Waals surface area contributed by atoms with Crippen LogP contribution in [0.1, 0.15) is 31.2 Å². The highest BCUT2D eigenvalue weighted by atomic mass is 19.1. The molecule has 1 N–H and O–H groups in total. The second kappa shape index (κ2) is 8.00. The highest BCUT2D eigenvalue weighted by Gasteiger charge is 2.31. The van der Waals surface area contributed by atoms with Crippen molar-refractivity contribution in [3.63, 3.8) is 0 Å². The Kier molecular flexibility index (Phi) is 5.74. The van der Waals surface area contributed by atoms with Crippen molar-refractivity contribution in [2.45, 2.75) is 38.6 Å². The third-order valence-electron chi connectivity index (χ3n) is 5.16. The molecule has 0 atom stereocenters. The smallest absolute Gasteiger partial charge is 0.234 e. The van der Waals surface area contributed by atoms with Crippen LogP contribution in [-0.2, 0) is 4.79 Å². The summed E-state index contributed by atoms with van der Waals surface area (Å²) in [5, 5.41) is 3.10. The summed E-state index contributed by atoms with van der Waals surface area (Å²) in [5.41, 5.74) is 2.22. The van der Waals surface area contributed by atoms with Crippen LogP contribution >= 0.6 is 0 Å². The number of carbonyl (C=O) groups is 1. The predicted octanol–water partition coefficient (Wildman–Crippen LogP) is 3.06. The number of aryl methyl sites for hydroxylation is 1. The van der Waals surface area contributed by atoms with Gasteiger partial charge in [0.1, 0.15) is 11.6 Å². The zero-order valence-electron chi connectivity index (χ0n) is 14.9. The van der Waals surface area contributed by atoms with Gasteiger partial charge in [0.25, 0.3) is 0 Å². The number of rotatable bonds is 6. The molecule has 0 spiro atoms. The maximum absolute atomic E-state index is 13.3. The molecule has 136 valence electrons. The van der Waals surface area contributed by atoms with Crippen LogP contribution in [0.3, 0.4) is 0 Å². The van der Waals surface area contributed by atoms with Crippen LogP contribution in [0.25, 0.3) is 0 Å². The van der Waals surface area contributed by atoms with Crippen LogP contribution in [0.2, 0.25) is 0 Å². The molecule has 0 aromatic heterocycles. The molecule has 1 saturated heterocycles. The first-order valence-corrected chi connectivity index (χ1v) is 9.07. The topological polar surface area (TPSA) is 41.6 Å². The highest BCUT2D eigenvalue weighted by molar-refractivity contribution is 5.78. The minimum atomic E-state index is -0.277. The van der Waals surface area contributed by atoms with Gasteiger partial charge in [-0.05, 0) is 50.2 Å². The molecular weight excluding hydrogens is 319 g/mol. The molecule has 1 aliphatic heterocycles. The number of likely N-dealkylation sites (tertiary alicyclic amines) is 1. The molecule has 5 heteroatoms. The van der Waals surface area contributed by atoms with Gasteiger partial charge in [-0.3, -0.25) is 9.69 Å². The van der Waals surface area contributed by atoms with Gasteiger partial charge in [-0.25, -0.2) is 4.39 Å². The zero-order chi connectivity index (χ0) is 17.8. The number of hydrogen-bond donors (Lipinski definition) is 1. The molecule has 3 rings (SSSR count). The van der Waals surface area contributed by atoms with Gasteiger partial charge in [0, 0.05) is 25.2 Å². The number of carbonyl (C=O) groups excluding carboxylic acids is 1. The van der Waals surface area contributed by atoms with Gasteiger partial charge in [-0.1, -0.05) is 18.2 Å². The van der Waals surface area contributed by atoms with Gasteiger partial charge in [0.2, 0.25) is 5.91 Å². The lowest BCUT2D eigenvalue weighted by molar-refractivity contribution is -0.124. The number of nitrogens with one attached hydrogen (secondary N) is 1. The maximum Gasteiger partial charge on any atom is 0.234 e. The molecule has 0 unspecified atom stereocenters. The fraction of sp³-hybridized carbons (Fsp3) is 0.550. The van der Waals surface area contributed by atoms with E-state index in [0.29, 0.717) is 24.8 Å². The van der Waals surface area contributed by atoms with Crippen molar-refractivity contribution < 1.29 is 13.9 Å². The third kappa shape index (κ3) is 5.05. The summed E-state index contributed by atoms with van der Waals surface area (Å²) in [6, 6.07) is 4.84. The summed E-state index contributed by atoms with van der Waals surface area (Å²) < 4.78 is 19.0. The Morgan fingerprint density at radius 2 is 2.08 bits per heavy atom. The van der Waals surface area contributed by atoms with E-state index in [0.717, 1.165) is 44.3 Å². The Labute approximate surface area is 149 Å². The van der Waals surface area contributed by atoms with E-state index in [9.17, 15) is 9.18 Å². The molecule has 1 aromatic carbocycles. The van der Waals surface area contributed by atoms with Gasteiger partial charge in [-0.15, -0.1) is 0 Å². The van der Waals surface area contributed by atoms with Crippen LogP contribution in [-0.4, -0.2) is 43.1 Å². The minimum absolute atomic E-state index is 0.109. The van der Waals surface area contributed by atoms with Gasteiger partial charge in [0.05, 0.1) is 13.2 Å². The Bertz CT molecular complexity index is 631. The van der Waals surface area contributed by atoms with Gasteiger partial charge < -0.3 is 10.1 Å². The molecule has 1 aliphatic carbocycles. The molecule has 2 fully saturated rings. The van der Waals surface area contributed by atoms with E-state index < -0.39 is 0 Å². The third-order valence-corrected chi connectivity index (χ3v) is 5.16. The van der Waals surface area contributed by atoms with Crippen LogP contribution < -0.4 is 10.1 Å². The first kappa shape index (κ1) is 17.9. The number of piperidine rings is 1. The van der Waals surface area contributed by atoms with Crippen molar-refractivity contribution in [1.82, 2.24) is 10.2 Å². The Morgan fingerprint density at radius 3 is 2.80 bits per heavy atom. The molecule has 1 heterocycles. The summed E-state index contributed by atoms with van der Waals surface area (Å²) in [4.78, 5) is 14.3. The summed E-state index contributed by atoms with van der Waals surface area (Å²) in [7, 11) is 0. The van der Waals surface area contributed by atoms with Crippen LogP contribution in [0, 0.1) is 18.7 Å². The van der Waals surface area contributed by atoms with Crippen LogP contribution in [0.15, 0.2) is 30.4 Å². The summed E-state index contributed by atoms with van der Waals surface area (Å²) >= 11 is 0. The van der Waals surface area contributed by atoms with Gasteiger partial charge >= 0.3 is 0 Å². The first-order valence-electron chi connectivity index (χ1n) is 9.07. The van der Waals surface area contributed by atoms with Crippen LogP contribution in [0.4, 0.5) is 4.39 Å². The van der Waals surface area contributed by atoms with Gasteiger partial charge in [-0.2, -0.15) is 0 Å².